The van der Waals surface area contributed by atoms with Gasteiger partial charge in [-0.1, -0.05) is 216 Å². The highest BCUT2D eigenvalue weighted by atomic mass is 28.3. The van der Waals surface area contributed by atoms with E-state index in [0.717, 1.165) is 11.1 Å². The van der Waals surface area contributed by atoms with E-state index in [1.807, 2.05) is 0 Å². The van der Waals surface area contributed by atoms with Crippen molar-refractivity contribution in [3.05, 3.63) is 130 Å². The van der Waals surface area contributed by atoms with Crippen LogP contribution in [0.3, 0.4) is 0 Å². The molecule has 0 aliphatic carbocycles. The molecular formula is C52H62Si2. The van der Waals surface area contributed by atoms with Gasteiger partial charge in [-0.3, -0.25) is 0 Å². The van der Waals surface area contributed by atoms with Crippen molar-refractivity contribution in [3.63, 3.8) is 0 Å². The molecule has 0 unspecified atom stereocenters. The van der Waals surface area contributed by atoms with E-state index in [9.17, 15) is 0 Å². The van der Waals surface area contributed by atoms with Crippen molar-refractivity contribution in [3.8, 4) is 22.9 Å². The molecule has 0 amide bonds. The summed E-state index contributed by atoms with van der Waals surface area (Å²) in [6.45, 7) is 28.9. The summed E-state index contributed by atoms with van der Waals surface area (Å²) in [4.78, 5) is 0. The van der Waals surface area contributed by atoms with Crippen molar-refractivity contribution in [2.75, 3.05) is 0 Å². The van der Waals surface area contributed by atoms with E-state index in [-0.39, 0.29) is 0 Å². The molecule has 0 aliphatic heterocycles. The third kappa shape index (κ3) is 8.03. The van der Waals surface area contributed by atoms with E-state index in [4.69, 9.17) is 0 Å². The molecule has 0 nitrogen and oxygen atoms in total. The molecule has 0 radical (unpaired) electrons. The van der Waals surface area contributed by atoms with Crippen LogP contribution in [0, 0.1) is 22.9 Å². The quantitative estimate of drug-likeness (QED) is 0.0578. The van der Waals surface area contributed by atoms with Gasteiger partial charge < -0.3 is 0 Å². The number of hydrogen-bond donors (Lipinski definition) is 0. The van der Waals surface area contributed by atoms with Gasteiger partial charge in [-0.15, -0.1) is 11.1 Å². The van der Waals surface area contributed by atoms with Gasteiger partial charge >= 0.3 is 0 Å². The first-order valence-corrected chi connectivity index (χ1v) is 24.8. The van der Waals surface area contributed by atoms with Crippen molar-refractivity contribution in [1.82, 2.24) is 0 Å². The Balaban J connectivity index is 2.01. The van der Waals surface area contributed by atoms with E-state index in [2.05, 4.69) is 227 Å². The van der Waals surface area contributed by atoms with E-state index in [0.29, 0.717) is 33.2 Å². The summed E-state index contributed by atoms with van der Waals surface area (Å²) in [7, 11) is -4.07. The van der Waals surface area contributed by atoms with Gasteiger partial charge in [-0.25, -0.2) is 0 Å². The molecule has 0 bridgehead atoms. The van der Waals surface area contributed by atoms with Gasteiger partial charge in [-0.05, 0) is 71.7 Å². The van der Waals surface area contributed by atoms with Crippen LogP contribution in [-0.2, 0) is 0 Å². The van der Waals surface area contributed by atoms with E-state index in [1.165, 1.54) is 43.8 Å². The van der Waals surface area contributed by atoms with E-state index in [1.54, 1.807) is 0 Å². The van der Waals surface area contributed by atoms with Crippen LogP contribution in [0.1, 0.15) is 116 Å². The topological polar surface area (TPSA) is 0 Å². The van der Waals surface area contributed by atoms with Gasteiger partial charge in [0.1, 0.15) is 16.1 Å². The van der Waals surface area contributed by atoms with Crippen molar-refractivity contribution >= 4 is 62.0 Å². The molecular weight excluding hydrogens is 681 g/mol. The predicted molar refractivity (Wildman–Crippen MR) is 248 cm³/mol. The van der Waals surface area contributed by atoms with Crippen LogP contribution < -0.4 is 0 Å². The summed E-state index contributed by atoms with van der Waals surface area (Å²) in [5.41, 5.74) is 18.5. The summed E-state index contributed by atoms with van der Waals surface area (Å²) in [6, 6.07) is 34.8. The predicted octanol–water partition coefficient (Wildman–Crippen LogP) is 15.5. The summed E-state index contributed by atoms with van der Waals surface area (Å²) in [6.07, 6.45) is 9.10. The molecule has 278 valence electrons. The van der Waals surface area contributed by atoms with Gasteiger partial charge in [0.2, 0.25) is 0 Å². The maximum Gasteiger partial charge on any atom is 0.146 e. The average molecular weight is 743 g/mol. The summed E-state index contributed by atoms with van der Waals surface area (Å²) in [5.74, 6) is 8.00. The number of hydrogen-bond acceptors (Lipinski definition) is 0. The number of rotatable bonds is 10. The van der Waals surface area contributed by atoms with Crippen LogP contribution in [-0.4, -0.2) is 16.1 Å². The van der Waals surface area contributed by atoms with Crippen LogP contribution in [0.25, 0.3) is 45.8 Å². The zero-order chi connectivity index (χ0) is 39.2. The van der Waals surface area contributed by atoms with Crippen LogP contribution in [0.15, 0.2) is 97.1 Å². The van der Waals surface area contributed by atoms with Crippen molar-refractivity contribution in [2.24, 2.45) is 0 Å². The minimum Gasteiger partial charge on any atom is -0.125 e. The maximum absolute atomic E-state index is 4.15. The molecule has 5 aromatic rings. The van der Waals surface area contributed by atoms with Crippen LogP contribution in [0.2, 0.25) is 33.2 Å². The monoisotopic (exact) mass is 742 g/mol. The summed E-state index contributed by atoms with van der Waals surface area (Å²) >= 11 is 0. The second-order valence-electron chi connectivity index (χ2n) is 17.1. The summed E-state index contributed by atoms with van der Waals surface area (Å²) < 4.78 is 0. The smallest absolute Gasteiger partial charge is 0.125 e. The maximum atomic E-state index is 4.15. The molecule has 0 saturated heterocycles. The minimum atomic E-state index is -2.05. The average Bonchev–Trinajstić information content (AvgIpc) is 3.14. The lowest BCUT2D eigenvalue weighted by molar-refractivity contribution is 0.838. The van der Waals surface area contributed by atoms with Crippen LogP contribution in [0.5, 0.6) is 0 Å². The first-order valence-electron chi connectivity index (χ1n) is 20.3. The molecule has 54 heavy (non-hydrogen) atoms. The fraction of sp³-hybridized carbons (Fsp3) is 0.346. The minimum absolute atomic E-state index is 0.538. The molecule has 0 atom stereocenters. The Morgan fingerprint density at radius 2 is 0.778 bits per heavy atom. The van der Waals surface area contributed by atoms with Gasteiger partial charge in [0.25, 0.3) is 0 Å². The molecule has 0 aliphatic rings. The van der Waals surface area contributed by atoms with Gasteiger partial charge in [0, 0.05) is 16.5 Å². The van der Waals surface area contributed by atoms with Gasteiger partial charge in [0.15, 0.2) is 0 Å². The normalized spacial score (nSPS) is 12.6. The molecule has 0 aromatic heterocycles. The van der Waals surface area contributed by atoms with E-state index < -0.39 is 16.1 Å². The van der Waals surface area contributed by atoms with Crippen molar-refractivity contribution in [2.45, 2.75) is 116 Å². The van der Waals surface area contributed by atoms with Crippen molar-refractivity contribution in [1.29, 1.82) is 0 Å². The lowest BCUT2D eigenvalue weighted by Crippen LogP contribution is -2.43. The standard InChI is InChI=1S/C52H62Si2/c1-37(2)53(38(3)4,39(5)6)35-33-49-47-25-19-20-26-48(47)51(34-36-54(40(7)8,41(9)10)42(11)12)52-46(31-28-44-23-17-14-18-24-44)45(30-32-50(49)52)29-27-43-21-15-13-16-22-43/h13-32,37-42H,1-12H3. The zero-order valence-electron chi connectivity index (χ0n) is 35.0. The van der Waals surface area contributed by atoms with Crippen molar-refractivity contribution < 1.29 is 0 Å². The first kappa shape index (κ1) is 40.8. The Morgan fingerprint density at radius 1 is 0.389 bits per heavy atom. The second kappa shape index (κ2) is 17.4. The molecule has 0 fully saturated rings. The largest absolute Gasteiger partial charge is 0.146 e. The van der Waals surface area contributed by atoms with Gasteiger partial charge in [0.05, 0.1) is 0 Å². The lowest BCUT2D eigenvalue weighted by Gasteiger charge is -2.38. The fourth-order valence-corrected chi connectivity index (χ4v) is 20.0. The number of fused-ring (bicyclic) bond motifs is 2. The van der Waals surface area contributed by atoms with Gasteiger partial charge in [-0.2, -0.15) is 0 Å². The number of benzene rings is 5. The molecule has 5 aromatic carbocycles. The Morgan fingerprint density at radius 3 is 1.22 bits per heavy atom. The lowest BCUT2D eigenvalue weighted by atomic mass is 9.87. The molecule has 0 heterocycles. The van der Waals surface area contributed by atoms with Crippen LogP contribution >= 0.6 is 0 Å². The Kier molecular flexibility index (Phi) is 13.2. The Labute approximate surface area is 330 Å². The SMILES string of the molecule is CC(C)[Si](C#Cc1c2ccccc2c(C#C[Si](C(C)C)(C(C)C)C(C)C)c2c(C=Cc3ccccc3)c(C=Cc3ccccc3)ccc12)(C(C)C)C(C)C. The summed E-state index contributed by atoms with van der Waals surface area (Å²) in [5, 5.41) is 4.81. The molecule has 2 heteroatoms. The Hall–Kier alpha value is -4.35. The second-order valence-corrected chi connectivity index (χ2v) is 28.2. The fourth-order valence-electron chi connectivity index (χ4n) is 9.60. The highest BCUT2D eigenvalue weighted by Gasteiger charge is 2.43. The third-order valence-electron chi connectivity index (χ3n) is 12.3. The highest BCUT2D eigenvalue weighted by Crippen LogP contribution is 2.44. The van der Waals surface area contributed by atoms with Crippen LogP contribution in [0.4, 0.5) is 0 Å². The highest BCUT2D eigenvalue weighted by molar-refractivity contribution is 6.91. The zero-order valence-corrected chi connectivity index (χ0v) is 37.0. The molecule has 0 saturated carbocycles. The molecule has 0 N–H and O–H groups in total. The first-order chi connectivity index (χ1) is 25.7. The molecule has 5 rings (SSSR count). The Bertz CT molecular complexity index is 2200. The van der Waals surface area contributed by atoms with E-state index >= 15 is 0 Å². The third-order valence-corrected chi connectivity index (χ3v) is 24.9. The molecule has 0 spiro atoms.